The van der Waals surface area contributed by atoms with Crippen molar-refractivity contribution in [1.29, 1.82) is 0 Å². The van der Waals surface area contributed by atoms with Gasteiger partial charge in [-0.2, -0.15) is 0 Å². The number of benzene rings is 4. The maximum Gasteiger partial charge on any atom is 1.00 e. The third-order valence-corrected chi connectivity index (χ3v) is 7.33. The van der Waals surface area contributed by atoms with E-state index in [1.807, 2.05) is 66.7 Å². The summed E-state index contributed by atoms with van der Waals surface area (Å²) < 4.78 is 12.1. The van der Waals surface area contributed by atoms with Crippen molar-refractivity contribution in [1.82, 2.24) is 0 Å². The summed E-state index contributed by atoms with van der Waals surface area (Å²) in [6.07, 6.45) is 1.95. The first-order chi connectivity index (χ1) is 19.7. The van der Waals surface area contributed by atoms with Crippen molar-refractivity contribution in [3.63, 3.8) is 0 Å². The van der Waals surface area contributed by atoms with Crippen LogP contribution in [0, 0.1) is 0 Å². The van der Waals surface area contributed by atoms with E-state index >= 15 is 0 Å². The number of ether oxygens (including phenoxy) is 2. The average molecular weight is 861 g/mol. The van der Waals surface area contributed by atoms with Crippen molar-refractivity contribution in [2.75, 3.05) is 20.0 Å². The van der Waals surface area contributed by atoms with Gasteiger partial charge < -0.3 is 26.8 Å². The molecule has 4 rings (SSSR count). The Morgan fingerprint density at radius 1 is 0.778 bits per heavy atom. The van der Waals surface area contributed by atoms with E-state index in [1.54, 1.807) is 20.3 Å². The van der Waals surface area contributed by atoms with Crippen molar-refractivity contribution in [2.24, 2.45) is 0 Å². The number of nitrogens with two attached hydrogens (primary N) is 1. The Hall–Kier alpha value is 0.813. The molecule has 0 aromatic heterocycles. The van der Waals surface area contributed by atoms with Crippen LogP contribution in [0.5, 0.6) is 11.5 Å². The summed E-state index contributed by atoms with van der Waals surface area (Å²) in [5, 5.41) is 9.97. The van der Waals surface area contributed by atoms with Crippen LogP contribution in [0.4, 0.5) is 5.69 Å². The van der Waals surface area contributed by atoms with Crippen LogP contribution >= 0.6 is 66.7 Å². The zero-order chi connectivity index (χ0) is 30.6. The normalized spacial score (nSPS) is 8.62. The predicted molar refractivity (Wildman–Crippen MR) is 187 cm³/mol. The quantitative estimate of drug-likeness (QED) is 0.0760. The van der Waals surface area contributed by atoms with Crippen LogP contribution in [0.1, 0.15) is 33.0 Å². The van der Waals surface area contributed by atoms with Crippen molar-refractivity contribution in [2.45, 2.75) is 33.6 Å². The minimum atomic E-state index is -0.181. The van der Waals surface area contributed by atoms with E-state index in [-0.39, 0.29) is 126 Å². The number of methoxy groups -OCH3 is 2. The molecule has 0 atom stereocenters. The van der Waals surface area contributed by atoms with Crippen molar-refractivity contribution < 1.29 is 129 Å². The molecule has 13 heteroatoms. The molecular formula is C32H38Br2Cl3K2NO5. The monoisotopic (exact) mass is 857 g/mol. The van der Waals surface area contributed by atoms with Crippen molar-refractivity contribution >= 4 is 78.8 Å². The molecule has 0 saturated heterocycles. The molecule has 4 aromatic carbocycles. The van der Waals surface area contributed by atoms with E-state index in [1.165, 1.54) is 11.1 Å². The molecule has 2 N–H and O–H groups in total. The first-order valence-corrected chi connectivity index (χ1v) is 14.7. The van der Waals surface area contributed by atoms with Crippen LogP contribution in [-0.4, -0.2) is 20.7 Å². The van der Waals surface area contributed by atoms with Gasteiger partial charge in [-0.05, 0) is 100 Å². The molecule has 0 radical (unpaired) electrons. The fourth-order valence-electron chi connectivity index (χ4n) is 3.08. The smallest absolute Gasteiger partial charge is 1.00 e. The van der Waals surface area contributed by atoms with Crippen molar-refractivity contribution in [3.05, 3.63) is 121 Å². The molecule has 0 amide bonds. The number of hydrogen-bond donors (Lipinski definition) is 1. The Labute approximate surface area is 386 Å². The van der Waals surface area contributed by atoms with E-state index < -0.39 is 0 Å². The van der Waals surface area contributed by atoms with Gasteiger partial charge in [0.15, 0.2) is 0 Å². The number of halogens is 5. The number of aryl methyl sites for hydroxylation is 2. The van der Waals surface area contributed by atoms with Gasteiger partial charge in [0.05, 0.1) is 14.2 Å². The van der Waals surface area contributed by atoms with Crippen LogP contribution in [0.15, 0.2) is 93.9 Å². The van der Waals surface area contributed by atoms with E-state index in [4.69, 9.17) is 60.1 Å². The largest absolute Gasteiger partial charge is 1.00 e. The average Bonchev–Trinajstić information content (AvgIpc) is 2.98. The van der Waals surface area contributed by atoms with Crippen LogP contribution in [-0.2, 0) is 28.4 Å². The SMILES string of the molecule is C.C.COc1ccc(CCc2cccc(Cl)c2)c(Br)c1.COc1ccc(N)c(Br)c1.ClCc1cccc(Cl)c1.O=CO[O-].[H-].[K+].[K+]. The van der Waals surface area contributed by atoms with Gasteiger partial charge in [0.1, 0.15) is 11.5 Å². The van der Waals surface area contributed by atoms with Crippen LogP contribution in [0.25, 0.3) is 0 Å². The summed E-state index contributed by atoms with van der Waals surface area (Å²) >= 11 is 24.0. The van der Waals surface area contributed by atoms with E-state index in [2.05, 4.69) is 48.9 Å². The van der Waals surface area contributed by atoms with Crippen molar-refractivity contribution in [3.8, 4) is 11.5 Å². The second kappa shape index (κ2) is 32.0. The zero-order valence-electron chi connectivity index (χ0n) is 25.3. The van der Waals surface area contributed by atoms with Crippen LogP contribution in [0.2, 0.25) is 10.0 Å². The molecule has 6 nitrogen and oxygen atoms in total. The first kappa shape index (κ1) is 52.6. The fraction of sp³-hybridized carbons (Fsp3) is 0.219. The molecule has 0 spiro atoms. The third-order valence-electron chi connectivity index (χ3n) is 5.12. The molecule has 4 aromatic rings. The zero-order valence-corrected chi connectivity index (χ0v) is 36.0. The number of anilines is 1. The molecule has 0 saturated carbocycles. The van der Waals surface area contributed by atoms with Gasteiger partial charge in [-0.1, -0.05) is 84.3 Å². The molecule has 0 heterocycles. The number of hydrogen-bond acceptors (Lipinski definition) is 6. The fourth-order valence-corrected chi connectivity index (χ4v) is 4.59. The van der Waals surface area contributed by atoms with Gasteiger partial charge in [0, 0.05) is 30.6 Å². The maximum absolute atomic E-state index is 8.64. The minimum Gasteiger partial charge on any atom is -1.00 e. The summed E-state index contributed by atoms with van der Waals surface area (Å²) in [5.74, 6) is 2.20. The number of nitrogen functional groups attached to an aromatic ring is 1. The summed E-state index contributed by atoms with van der Waals surface area (Å²) in [4.78, 5) is 11.2. The Balaban J connectivity index is -0.000000174. The molecule has 0 aliphatic heterocycles. The van der Waals surface area contributed by atoms with Gasteiger partial charge in [-0.25, -0.2) is 0 Å². The van der Waals surface area contributed by atoms with Gasteiger partial charge in [-0.15, -0.1) is 11.6 Å². The van der Waals surface area contributed by atoms with E-state index in [0.29, 0.717) is 5.88 Å². The number of carbonyl (C=O) groups is 1. The number of alkyl halides is 1. The van der Waals surface area contributed by atoms with Gasteiger partial charge in [0.2, 0.25) is 0 Å². The molecule has 45 heavy (non-hydrogen) atoms. The maximum atomic E-state index is 8.64. The second-order valence-corrected chi connectivity index (χ2v) is 10.8. The number of carbonyl (C=O) groups excluding carboxylic acids is 1. The van der Waals surface area contributed by atoms with Gasteiger partial charge in [0.25, 0.3) is 6.47 Å². The second-order valence-electron chi connectivity index (χ2n) is 7.93. The summed E-state index contributed by atoms with van der Waals surface area (Å²) in [6, 6.07) is 27.0. The Bertz CT molecular complexity index is 1360. The Morgan fingerprint density at radius 2 is 1.24 bits per heavy atom. The Kier molecular flexibility index (Phi) is 37.5. The number of rotatable bonds is 7. The predicted octanol–water partition coefficient (Wildman–Crippen LogP) is 3.84. The van der Waals surface area contributed by atoms with E-state index in [0.717, 1.165) is 54.6 Å². The molecule has 0 bridgehead atoms. The first-order valence-electron chi connectivity index (χ1n) is 11.9. The molecule has 0 aliphatic carbocycles. The topological polar surface area (TPSA) is 93.8 Å². The molecule has 0 unspecified atom stereocenters. The van der Waals surface area contributed by atoms with E-state index in [9.17, 15) is 0 Å². The van der Waals surface area contributed by atoms with Gasteiger partial charge >= 0.3 is 103 Å². The van der Waals surface area contributed by atoms with Gasteiger partial charge in [-0.3, -0.25) is 4.79 Å². The summed E-state index contributed by atoms with van der Waals surface area (Å²) in [7, 11) is 3.30. The minimum absolute atomic E-state index is 0. The standard InChI is InChI=1S/C15H14BrClO.C7H8BrNO.C7H6Cl2.CH2O3.2CH4.2K.H/c1-18-14-8-7-12(15(16)10-14)6-5-11-3-2-4-13(17)9-11;1-10-5-2-3-7(9)6(8)4-5;8-5-6-2-1-3-7(9)4-6;2-1-4-3;;;;;/h2-4,7-10H,5-6H2,1H3;2-4H,9H2,1H3;1-4H,5H2;1,3H;2*1H4;;;/q;;;;;;2*+1;-1/p-1. The van der Waals surface area contributed by atoms with Crippen LogP contribution < -0.4 is 123 Å². The summed E-state index contributed by atoms with van der Waals surface area (Å²) in [5.41, 5.74) is 9.85. The molecule has 0 aliphatic rings. The summed E-state index contributed by atoms with van der Waals surface area (Å²) in [6.45, 7) is -0.181. The van der Waals surface area contributed by atoms with Crippen LogP contribution in [0.3, 0.4) is 0 Å². The molecular weight excluding hydrogens is 823 g/mol. The Morgan fingerprint density at radius 3 is 1.64 bits per heavy atom. The molecule has 0 fully saturated rings. The third kappa shape index (κ3) is 23.7. The molecule has 238 valence electrons.